The van der Waals surface area contributed by atoms with Crippen LogP contribution in [0.3, 0.4) is 0 Å². The Kier molecular flexibility index (Phi) is 4.08. The van der Waals surface area contributed by atoms with Crippen LogP contribution >= 0.6 is 0 Å². The molecule has 10 heteroatoms. The Balaban J connectivity index is 2.09. The van der Waals surface area contributed by atoms with E-state index in [-0.39, 0.29) is 11.5 Å². The van der Waals surface area contributed by atoms with Crippen molar-refractivity contribution in [2.45, 2.75) is 26.4 Å². The third kappa shape index (κ3) is 3.44. The SMILES string of the molecule is Cc1cc(OC(F)(F)F)ccc1-c1cnc2nc(C)c(C(F)(F)F)n2c1. The summed E-state index contributed by atoms with van der Waals surface area (Å²) in [7, 11) is 0. The third-order valence-corrected chi connectivity index (χ3v) is 3.67. The molecule has 0 radical (unpaired) electrons. The van der Waals surface area contributed by atoms with Crippen molar-refractivity contribution < 1.29 is 31.1 Å². The maximum absolute atomic E-state index is 13.2. The van der Waals surface area contributed by atoms with E-state index in [1.807, 2.05) is 0 Å². The van der Waals surface area contributed by atoms with E-state index in [1.54, 1.807) is 0 Å². The molecule has 0 aliphatic rings. The van der Waals surface area contributed by atoms with Crippen molar-refractivity contribution in [2.24, 2.45) is 0 Å². The molecule has 0 saturated heterocycles. The summed E-state index contributed by atoms with van der Waals surface area (Å²) < 4.78 is 81.2. The van der Waals surface area contributed by atoms with E-state index < -0.39 is 24.0 Å². The minimum atomic E-state index is -4.83. The van der Waals surface area contributed by atoms with Gasteiger partial charge < -0.3 is 4.74 Å². The topological polar surface area (TPSA) is 39.4 Å². The number of rotatable bonds is 2. The van der Waals surface area contributed by atoms with Gasteiger partial charge in [-0.3, -0.25) is 4.40 Å². The average Bonchev–Trinajstić information content (AvgIpc) is 2.80. The van der Waals surface area contributed by atoms with Gasteiger partial charge in [-0.1, -0.05) is 6.07 Å². The lowest BCUT2D eigenvalue weighted by Gasteiger charge is -2.12. The first kappa shape index (κ1) is 18.0. The smallest absolute Gasteiger partial charge is 0.406 e. The number of ether oxygens (including phenoxy) is 1. The fraction of sp³-hybridized carbons (Fsp3) is 0.250. The van der Waals surface area contributed by atoms with Gasteiger partial charge in [-0.15, -0.1) is 13.2 Å². The first-order chi connectivity index (χ1) is 12.0. The Labute approximate surface area is 143 Å². The van der Waals surface area contributed by atoms with Gasteiger partial charge in [0.15, 0.2) is 5.69 Å². The second kappa shape index (κ2) is 5.89. The van der Waals surface area contributed by atoms with Crippen molar-refractivity contribution in [1.82, 2.24) is 14.4 Å². The summed E-state index contributed by atoms with van der Waals surface area (Å²) in [5, 5.41) is 0. The van der Waals surface area contributed by atoms with Gasteiger partial charge in [-0.05, 0) is 37.1 Å². The van der Waals surface area contributed by atoms with Crippen LogP contribution in [0.5, 0.6) is 5.75 Å². The van der Waals surface area contributed by atoms with Gasteiger partial charge in [0.1, 0.15) is 5.75 Å². The second-order valence-corrected chi connectivity index (χ2v) is 5.58. The van der Waals surface area contributed by atoms with Crippen molar-refractivity contribution in [3.63, 3.8) is 0 Å². The lowest BCUT2D eigenvalue weighted by molar-refractivity contribution is -0.274. The molecule has 26 heavy (non-hydrogen) atoms. The molecule has 1 aromatic carbocycles. The van der Waals surface area contributed by atoms with Gasteiger partial charge in [-0.25, -0.2) is 9.97 Å². The number of hydrogen-bond donors (Lipinski definition) is 0. The highest BCUT2D eigenvalue weighted by atomic mass is 19.4. The van der Waals surface area contributed by atoms with Crippen LogP contribution in [0.4, 0.5) is 26.3 Å². The second-order valence-electron chi connectivity index (χ2n) is 5.58. The summed E-state index contributed by atoms with van der Waals surface area (Å²) in [6.45, 7) is 2.75. The Morgan fingerprint density at radius 2 is 1.73 bits per heavy atom. The van der Waals surface area contributed by atoms with Crippen LogP contribution in [0.1, 0.15) is 17.0 Å². The van der Waals surface area contributed by atoms with Gasteiger partial charge in [0.2, 0.25) is 5.78 Å². The number of hydrogen-bond acceptors (Lipinski definition) is 3. The van der Waals surface area contributed by atoms with Crippen molar-refractivity contribution >= 4 is 5.78 Å². The summed E-state index contributed by atoms with van der Waals surface area (Å²) in [5.41, 5.74) is -0.0486. The number of imidazole rings is 1. The van der Waals surface area contributed by atoms with Crippen LogP contribution in [-0.2, 0) is 6.18 Å². The van der Waals surface area contributed by atoms with Gasteiger partial charge in [0, 0.05) is 18.0 Å². The number of benzene rings is 1. The van der Waals surface area contributed by atoms with Crippen molar-refractivity contribution in [1.29, 1.82) is 0 Å². The molecule has 3 rings (SSSR count). The maximum Gasteiger partial charge on any atom is 0.573 e. The zero-order valence-corrected chi connectivity index (χ0v) is 13.4. The predicted octanol–water partition coefficient (Wildman–Crippen LogP) is 4.93. The van der Waals surface area contributed by atoms with Crippen molar-refractivity contribution in [2.75, 3.05) is 0 Å². The van der Waals surface area contributed by atoms with Crippen LogP contribution in [0.15, 0.2) is 30.6 Å². The van der Waals surface area contributed by atoms with Crippen LogP contribution in [0, 0.1) is 13.8 Å². The van der Waals surface area contributed by atoms with E-state index in [9.17, 15) is 26.3 Å². The molecule has 4 nitrogen and oxygen atoms in total. The number of nitrogens with zero attached hydrogens (tertiary/aromatic N) is 3. The molecule has 2 aromatic heterocycles. The maximum atomic E-state index is 13.2. The molecule has 138 valence electrons. The summed E-state index contributed by atoms with van der Waals surface area (Å²) in [6.07, 6.45) is -6.93. The molecule has 0 aliphatic carbocycles. The van der Waals surface area contributed by atoms with Gasteiger partial charge in [0.05, 0.1) is 5.69 Å². The molecular formula is C16H11F6N3O. The molecular weight excluding hydrogens is 364 g/mol. The molecule has 0 fully saturated rings. The standard InChI is InChI=1S/C16H11F6N3O/c1-8-5-11(26-16(20,21)22)3-4-12(8)10-6-23-14-24-9(2)13(15(17,18)19)25(14)7-10/h3-7H,1-2H3. The van der Waals surface area contributed by atoms with Gasteiger partial charge in [0.25, 0.3) is 0 Å². The minimum Gasteiger partial charge on any atom is -0.406 e. The Morgan fingerprint density at radius 3 is 2.31 bits per heavy atom. The fourth-order valence-electron chi connectivity index (χ4n) is 2.68. The number of aromatic nitrogens is 3. The zero-order chi connectivity index (χ0) is 19.3. The van der Waals surface area contributed by atoms with Gasteiger partial charge >= 0.3 is 12.5 Å². The van der Waals surface area contributed by atoms with Crippen LogP contribution in [0.25, 0.3) is 16.9 Å². The number of alkyl halides is 6. The fourth-order valence-corrected chi connectivity index (χ4v) is 2.68. The highest BCUT2D eigenvalue weighted by molar-refractivity contribution is 5.67. The van der Waals surface area contributed by atoms with E-state index in [2.05, 4.69) is 14.7 Å². The summed E-state index contributed by atoms with van der Waals surface area (Å²) in [5.74, 6) is -0.532. The molecule has 2 heterocycles. The summed E-state index contributed by atoms with van der Waals surface area (Å²) >= 11 is 0. The minimum absolute atomic E-state index is 0.117. The molecule has 3 aromatic rings. The van der Waals surface area contributed by atoms with Crippen LogP contribution in [0.2, 0.25) is 0 Å². The van der Waals surface area contributed by atoms with Crippen molar-refractivity contribution in [3.05, 3.63) is 47.5 Å². The Hall–Kier alpha value is -2.78. The van der Waals surface area contributed by atoms with E-state index >= 15 is 0 Å². The van der Waals surface area contributed by atoms with E-state index in [1.165, 1.54) is 32.3 Å². The van der Waals surface area contributed by atoms with Crippen LogP contribution in [-0.4, -0.2) is 20.7 Å². The van der Waals surface area contributed by atoms with Crippen LogP contribution < -0.4 is 4.74 Å². The molecule has 0 atom stereocenters. The number of aryl methyl sites for hydroxylation is 2. The molecule has 0 unspecified atom stereocenters. The Morgan fingerprint density at radius 1 is 1.04 bits per heavy atom. The lowest BCUT2D eigenvalue weighted by atomic mass is 10.0. The highest BCUT2D eigenvalue weighted by Gasteiger charge is 2.37. The lowest BCUT2D eigenvalue weighted by Crippen LogP contribution is -2.17. The first-order valence-corrected chi connectivity index (χ1v) is 7.24. The molecule has 0 amide bonds. The summed E-state index contributed by atoms with van der Waals surface area (Å²) in [6, 6.07) is 3.57. The van der Waals surface area contributed by atoms with Crippen molar-refractivity contribution in [3.8, 4) is 16.9 Å². The van der Waals surface area contributed by atoms with Gasteiger partial charge in [-0.2, -0.15) is 13.2 Å². The number of halogens is 6. The van der Waals surface area contributed by atoms with E-state index in [0.29, 0.717) is 16.7 Å². The zero-order valence-electron chi connectivity index (χ0n) is 13.4. The van der Waals surface area contributed by atoms with E-state index in [4.69, 9.17) is 0 Å². The Bertz CT molecular complexity index is 975. The molecule has 0 bridgehead atoms. The average molecular weight is 375 g/mol. The summed E-state index contributed by atoms with van der Waals surface area (Å²) in [4.78, 5) is 7.69. The monoisotopic (exact) mass is 375 g/mol. The quantitative estimate of drug-likeness (QED) is 0.596. The third-order valence-electron chi connectivity index (χ3n) is 3.67. The highest BCUT2D eigenvalue weighted by Crippen LogP contribution is 2.34. The largest absolute Gasteiger partial charge is 0.573 e. The molecule has 0 N–H and O–H groups in total. The molecule has 0 spiro atoms. The van der Waals surface area contributed by atoms with E-state index in [0.717, 1.165) is 16.5 Å². The normalized spacial score (nSPS) is 12.6. The molecule has 0 aliphatic heterocycles. The first-order valence-electron chi connectivity index (χ1n) is 7.24. The molecule has 0 saturated carbocycles. The predicted molar refractivity (Wildman–Crippen MR) is 79.6 cm³/mol. The number of fused-ring (bicyclic) bond motifs is 1.